The molecule has 1 aromatic rings. The lowest BCUT2D eigenvalue weighted by Gasteiger charge is -2.29. The fraction of sp³-hybridized carbons (Fsp3) is 0.667. The third-order valence-corrected chi connectivity index (χ3v) is 3.48. The van der Waals surface area contributed by atoms with E-state index in [1.54, 1.807) is 7.11 Å². The van der Waals surface area contributed by atoms with Gasteiger partial charge in [-0.2, -0.15) is 4.98 Å². The molecule has 0 saturated carbocycles. The Morgan fingerprint density at radius 2 is 1.94 bits per heavy atom. The molecule has 0 atom stereocenters. The summed E-state index contributed by atoms with van der Waals surface area (Å²) in [7, 11) is 1.69. The van der Waals surface area contributed by atoms with Crippen molar-refractivity contribution in [1.29, 1.82) is 0 Å². The average Bonchev–Trinajstić information content (AvgIpc) is 2.47. The monoisotopic (exact) mass is 249 g/mol. The number of ether oxygens (including phenoxy) is 1. The van der Waals surface area contributed by atoms with E-state index < -0.39 is 0 Å². The summed E-state index contributed by atoms with van der Waals surface area (Å²) in [5.74, 6) is 1.55. The van der Waals surface area contributed by atoms with Gasteiger partial charge in [0, 0.05) is 38.3 Å². The number of nitrogens with zero attached hydrogens (tertiary/aromatic N) is 3. The van der Waals surface area contributed by atoms with Crippen molar-refractivity contribution in [3.05, 3.63) is 11.3 Å². The molecule has 3 heterocycles. The molecule has 0 spiro atoms. The molecule has 6 heteroatoms. The number of hydrogen-bond donors (Lipinski definition) is 2. The minimum Gasteiger partial charge on any atom is -0.481 e. The molecule has 0 aromatic carbocycles. The minimum atomic E-state index is 0.745. The van der Waals surface area contributed by atoms with Crippen LogP contribution in [-0.4, -0.2) is 49.8 Å². The first-order valence-electron chi connectivity index (χ1n) is 6.48. The average molecular weight is 249 g/mol. The molecule has 0 amide bonds. The van der Waals surface area contributed by atoms with E-state index in [0.717, 1.165) is 68.8 Å². The van der Waals surface area contributed by atoms with Gasteiger partial charge in [0.15, 0.2) is 0 Å². The summed E-state index contributed by atoms with van der Waals surface area (Å²) in [6.07, 6.45) is 0.945. The zero-order valence-electron chi connectivity index (χ0n) is 10.7. The molecule has 1 aromatic heterocycles. The van der Waals surface area contributed by atoms with Crippen molar-refractivity contribution in [2.75, 3.05) is 44.7 Å². The molecule has 0 aliphatic carbocycles. The molecular formula is C12H19N5O. The molecule has 6 nitrogen and oxygen atoms in total. The van der Waals surface area contributed by atoms with Crippen molar-refractivity contribution in [3.8, 4) is 5.88 Å². The summed E-state index contributed by atoms with van der Waals surface area (Å²) >= 11 is 0. The van der Waals surface area contributed by atoms with Gasteiger partial charge in [0.2, 0.25) is 11.8 Å². The van der Waals surface area contributed by atoms with Crippen LogP contribution < -0.4 is 20.3 Å². The second-order valence-electron chi connectivity index (χ2n) is 4.62. The number of anilines is 1. The SMILES string of the molecule is COc1nc(N2CCNCC2)nc2c1CCNC2. The van der Waals surface area contributed by atoms with Gasteiger partial charge in [0.25, 0.3) is 0 Å². The van der Waals surface area contributed by atoms with Crippen LogP contribution in [0.4, 0.5) is 5.95 Å². The Balaban J connectivity index is 1.94. The van der Waals surface area contributed by atoms with Crippen molar-refractivity contribution < 1.29 is 4.74 Å². The van der Waals surface area contributed by atoms with Crippen molar-refractivity contribution in [3.63, 3.8) is 0 Å². The zero-order chi connectivity index (χ0) is 12.4. The van der Waals surface area contributed by atoms with Crippen LogP contribution in [0, 0.1) is 0 Å². The smallest absolute Gasteiger partial charge is 0.229 e. The fourth-order valence-electron chi connectivity index (χ4n) is 2.49. The molecule has 2 aliphatic heterocycles. The van der Waals surface area contributed by atoms with Crippen LogP contribution in [0.1, 0.15) is 11.3 Å². The topological polar surface area (TPSA) is 62.3 Å². The van der Waals surface area contributed by atoms with Gasteiger partial charge >= 0.3 is 0 Å². The van der Waals surface area contributed by atoms with Crippen LogP contribution >= 0.6 is 0 Å². The van der Waals surface area contributed by atoms with Crippen molar-refractivity contribution >= 4 is 5.95 Å². The predicted molar refractivity (Wildman–Crippen MR) is 69.1 cm³/mol. The Bertz CT molecular complexity index is 413. The maximum Gasteiger partial charge on any atom is 0.229 e. The zero-order valence-corrected chi connectivity index (χ0v) is 10.7. The number of aromatic nitrogens is 2. The van der Waals surface area contributed by atoms with Gasteiger partial charge in [-0.3, -0.25) is 0 Å². The summed E-state index contributed by atoms with van der Waals surface area (Å²) in [4.78, 5) is 11.5. The third-order valence-electron chi connectivity index (χ3n) is 3.48. The van der Waals surface area contributed by atoms with Crippen LogP contribution in [-0.2, 0) is 13.0 Å². The summed E-state index contributed by atoms with van der Waals surface area (Å²) < 4.78 is 5.42. The van der Waals surface area contributed by atoms with Crippen LogP contribution in [0.25, 0.3) is 0 Å². The summed E-state index contributed by atoms with van der Waals surface area (Å²) in [6, 6.07) is 0. The molecule has 2 N–H and O–H groups in total. The van der Waals surface area contributed by atoms with Gasteiger partial charge < -0.3 is 20.3 Å². The van der Waals surface area contributed by atoms with E-state index in [1.807, 2.05) is 0 Å². The van der Waals surface area contributed by atoms with Gasteiger partial charge in [-0.15, -0.1) is 0 Å². The summed E-state index contributed by atoms with van der Waals surface area (Å²) in [6.45, 7) is 5.67. The lowest BCUT2D eigenvalue weighted by molar-refractivity contribution is 0.385. The fourth-order valence-corrected chi connectivity index (χ4v) is 2.49. The van der Waals surface area contributed by atoms with Crippen LogP contribution in [0.15, 0.2) is 0 Å². The standard InChI is InChI=1S/C12H19N5O/c1-18-11-9-2-3-14-8-10(9)15-12(16-11)17-6-4-13-5-7-17/h13-14H,2-8H2,1H3. The first kappa shape index (κ1) is 11.7. The maximum atomic E-state index is 5.42. The lowest BCUT2D eigenvalue weighted by Crippen LogP contribution is -2.44. The van der Waals surface area contributed by atoms with Crippen molar-refractivity contribution in [1.82, 2.24) is 20.6 Å². The van der Waals surface area contributed by atoms with E-state index in [2.05, 4.69) is 20.5 Å². The Labute approximate surface area is 107 Å². The largest absolute Gasteiger partial charge is 0.481 e. The molecule has 0 unspecified atom stereocenters. The lowest BCUT2D eigenvalue weighted by atomic mass is 10.1. The highest BCUT2D eigenvalue weighted by Crippen LogP contribution is 2.25. The third kappa shape index (κ3) is 2.13. The highest BCUT2D eigenvalue weighted by molar-refractivity contribution is 5.41. The van der Waals surface area contributed by atoms with E-state index in [9.17, 15) is 0 Å². The maximum absolute atomic E-state index is 5.42. The minimum absolute atomic E-state index is 0.745. The molecule has 3 rings (SSSR count). The number of fused-ring (bicyclic) bond motifs is 1. The molecule has 1 fully saturated rings. The summed E-state index contributed by atoms with van der Waals surface area (Å²) in [5, 5.41) is 6.68. The van der Waals surface area contributed by atoms with Crippen LogP contribution in [0.3, 0.4) is 0 Å². The van der Waals surface area contributed by atoms with Crippen LogP contribution in [0.2, 0.25) is 0 Å². The van der Waals surface area contributed by atoms with E-state index in [-0.39, 0.29) is 0 Å². The molecule has 98 valence electrons. The second kappa shape index (κ2) is 5.07. The van der Waals surface area contributed by atoms with E-state index in [1.165, 1.54) is 0 Å². The molecule has 1 saturated heterocycles. The number of piperazine rings is 1. The molecular weight excluding hydrogens is 230 g/mol. The van der Waals surface area contributed by atoms with E-state index in [0.29, 0.717) is 0 Å². The van der Waals surface area contributed by atoms with Gasteiger partial charge in [0.1, 0.15) is 0 Å². The highest BCUT2D eigenvalue weighted by Gasteiger charge is 2.21. The molecule has 2 aliphatic rings. The normalized spacial score (nSPS) is 19.5. The molecule has 0 radical (unpaired) electrons. The Morgan fingerprint density at radius 1 is 1.11 bits per heavy atom. The Kier molecular flexibility index (Phi) is 3.29. The Morgan fingerprint density at radius 3 is 2.72 bits per heavy atom. The first-order chi connectivity index (χ1) is 8.88. The Hall–Kier alpha value is -1.40. The first-order valence-corrected chi connectivity index (χ1v) is 6.48. The van der Waals surface area contributed by atoms with Crippen molar-refractivity contribution in [2.24, 2.45) is 0 Å². The molecule has 18 heavy (non-hydrogen) atoms. The predicted octanol–water partition coefficient (Wildman–Crippen LogP) is -0.459. The van der Waals surface area contributed by atoms with Gasteiger partial charge in [-0.1, -0.05) is 0 Å². The summed E-state index contributed by atoms with van der Waals surface area (Å²) in [5.41, 5.74) is 2.25. The van der Waals surface area contributed by atoms with Crippen molar-refractivity contribution in [2.45, 2.75) is 13.0 Å². The molecule has 0 bridgehead atoms. The number of methoxy groups -OCH3 is 1. The number of hydrogen-bond acceptors (Lipinski definition) is 6. The second-order valence-corrected chi connectivity index (χ2v) is 4.62. The quantitative estimate of drug-likeness (QED) is 0.739. The van der Waals surface area contributed by atoms with E-state index >= 15 is 0 Å². The van der Waals surface area contributed by atoms with Gasteiger partial charge in [-0.25, -0.2) is 4.98 Å². The van der Waals surface area contributed by atoms with Crippen LogP contribution in [0.5, 0.6) is 5.88 Å². The van der Waals surface area contributed by atoms with Gasteiger partial charge in [0.05, 0.1) is 12.8 Å². The number of rotatable bonds is 2. The van der Waals surface area contributed by atoms with E-state index in [4.69, 9.17) is 9.72 Å². The number of nitrogens with one attached hydrogen (secondary N) is 2. The van der Waals surface area contributed by atoms with Gasteiger partial charge in [-0.05, 0) is 13.0 Å². The highest BCUT2D eigenvalue weighted by atomic mass is 16.5.